The number of hydrogen-bond acceptors (Lipinski definition) is 7. The van der Waals surface area contributed by atoms with Crippen molar-refractivity contribution in [2.45, 2.75) is 45.1 Å². The minimum absolute atomic E-state index is 0.0490. The highest BCUT2D eigenvalue weighted by molar-refractivity contribution is 7.20. The Labute approximate surface area is 198 Å². The average molecular weight is 469 g/mol. The maximum Gasteiger partial charge on any atom is 0.248 e. The lowest BCUT2D eigenvalue weighted by Gasteiger charge is -2.34. The fourth-order valence-electron chi connectivity index (χ4n) is 4.72. The Morgan fingerprint density at radius 3 is 2.55 bits per heavy atom. The summed E-state index contributed by atoms with van der Waals surface area (Å²) in [6, 6.07) is 9.18. The molecule has 2 aromatic heterocycles. The molecule has 1 aliphatic heterocycles. The number of benzene rings is 1. The lowest BCUT2D eigenvalue weighted by atomic mass is 10.1. The highest BCUT2D eigenvalue weighted by Gasteiger charge is 2.26. The Morgan fingerprint density at radius 2 is 1.88 bits per heavy atom. The van der Waals surface area contributed by atoms with Crippen molar-refractivity contribution in [1.82, 2.24) is 19.5 Å². The first-order valence-corrected chi connectivity index (χ1v) is 12.7. The second-order valence-electron chi connectivity index (χ2n) is 8.87. The number of nitrogens with one attached hydrogen (secondary N) is 1. The topological polar surface area (TPSA) is 75.0 Å². The van der Waals surface area contributed by atoms with Crippen LogP contribution in [0, 0.1) is 0 Å². The van der Waals surface area contributed by atoms with Gasteiger partial charge in [-0.1, -0.05) is 55.4 Å². The molecule has 0 spiro atoms. The Balaban J connectivity index is 1.41. The van der Waals surface area contributed by atoms with Crippen LogP contribution in [0.25, 0.3) is 16.2 Å². The molecular formula is C24H32N6O2S. The summed E-state index contributed by atoms with van der Waals surface area (Å²) in [6.45, 7) is 5.22. The molecule has 1 aromatic carbocycles. The quantitative estimate of drug-likeness (QED) is 0.570. The van der Waals surface area contributed by atoms with Gasteiger partial charge in [-0.25, -0.2) is 4.98 Å². The average Bonchev–Trinajstić information content (AvgIpc) is 3.58. The molecule has 1 N–H and O–H groups in total. The van der Waals surface area contributed by atoms with Crippen LogP contribution in [-0.2, 0) is 16.0 Å². The molecule has 0 unspecified atom stereocenters. The molecule has 2 aliphatic rings. The number of anilines is 2. The molecule has 1 saturated heterocycles. The first-order chi connectivity index (χ1) is 16.2. The Kier molecular flexibility index (Phi) is 6.50. The molecule has 1 saturated carbocycles. The van der Waals surface area contributed by atoms with Crippen molar-refractivity contribution in [3.8, 4) is 11.3 Å². The molecule has 176 valence electrons. The number of fused-ring (bicyclic) bond motifs is 1. The molecule has 0 atom stereocenters. The number of piperazine rings is 1. The van der Waals surface area contributed by atoms with E-state index in [1.165, 1.54) is 31.2 Å². The van der Waals surface area contributed by atoms with Gasteiger partial charge in [-0.15, -0.1) is 5.10 Å². The number of rotatable bonds is 7. The third kappa shape index (κ3) is 4.56. The van der Waals surface area contributed by atoms with Crippen LogP contribution in [0.1, 0.15) is 38.2 Å². The van der Waals surface area contributed by atoms with Gasteiger partial charge in [0.2, 0.25) is 16.0 Å². The van der Waals surface area contributed by atoms with E-state index in [1.54, 1.807) is 18.4 Å². The number of methoxy groups -OCH3 is 1. The fraction of sp³-hybridized carbons (Fsp3) is 0.542. The lowest BCUT2D eigenvalue weighted by Crippen LogP contribution is -2.49. The number of amides is 1. The van der Waals surface area contributed by atoms with E-state index >= 15 is 0 Å². The normalized spacial score (nSPS) is 17.3. The minimum atomic E-state index is 0.0490. The fourth-order valence-corrected chi connectivity index (χ4v) is 5.67. The van der Waals surface area contributed by atoms with E-state index in [0.717, 1.165) is 46.7 Å². The van der Waals surface area contributed by atoms with Crippen molar-refractivity contribution in [2.75, 3.05) is 50.1 Å². The summed E-state index contributed by atoms with van der Waals surface area (Å²) in [5.41, 5.74) is 3.43. The zero-order valence-corrected chi connectivity index (χ0v) is 20.2. The summed E-state index contributed by atoms with van der Waals surface area (Å²) in [5, 5.41) is 9.70. The van der Waals surface area contributed by atoms with E-state index < -0.39 is 0 Å². The smallest absolute Gasteiger partial charge is 0.248 e. The van der Waals surface area contributed by atoms with Gasteiger partial charge >= 0.3 is 0 Å². The molecule has 33 heavy (non-hydrogen) atoms. The number of carbonyl (C=O) groups excluding carboxylic acids is 1. The van der Waals surface area contributed by atoms with Crippen molar-refractivity contribution >= 4 is 33.2 Å². The number of carbonyl (C=O) groups is 1. The van der Waals surface area contributed by atoms with Gasteiger partial charge in [0.1, 0.15) is 12.3 Å². The van der Waals surface area contributed by atoms with E-state index in [1.807, 2.05) is 9.42 Å². The van der Waals surface area contributed by atoms with E-state index in [4.69, 9.17) is 14.8 Å². The minimum Gasteiger partial charge on any atom is -0.375 e. The van der Waals surface area contributed by atoms with Crippen LogP contribution in [-0.4, -0.2) is 71.3 Å². The van der Waals surface area contributed by atoms with Gasteiger partial charge in [0.15, 0.2) is 5.82 Å². The van der Waals surface area contributed by atoms with Crippen molar-refractivity contribution < 1.29 is 9.53 Å². The predicted molar refractivity (Wildman–Crippen MR) is 132 cm³/mol. The summed E-state index contributed by atoms with van der Waals surface area (Å²) in [7, 11) is 1.56. The van der Waals surface area contributed by atoms with E-state index in [0.29, 0.717) is 19.1 Å². The van der Waals surface area contributed by atoms with Crippen molar-refractivity contribution in [3.63, 3.8) is 0 Å². The third-order valence-corrected chi connectivity index (χ3v) is 7.66. The standard InChI is InChI=1S/C24H32N6O2S/c1-3-17-8-10-18(11-9-17)21-22(25-19-6-4-5-7-19)30-23(26-21)33-24(27-30)29-14-12-28(13-15-29)20(31)16-32-2/h8-11,19,25H,3-7,12-16H2,1-2H3. The molecule has 2 fully saturated rings. The number of nitrogens with zero attached hydrogens (tertiary/aromatic N) is 5. The summed E-state index contributed by atoms with van der Waals surface area (Å²) >= 11 is 1.62. The molecule has 9 heteroatoms. The Morgan fingerprint density at radius 1 is 1.15 bits per heavy atom. The van der Waals surface area contributed by atoms with Gasteiger partial charge in [-0.05, 0) is 24.8 Å². The molecule has 1 aliphatic carbocycles. The van der Waals surface area contributed by atoms with E-state index in [2.05, 4.69) is 41.4 Å². The monoisotopic (exact) mass is 468 g/mol. The van der Waals surface area contributed by atoms with Crippen LogP contribution in [0.15, 0.2) is 24.3 Å². The maximum atomic E-state index is 12.1. The van der Waals surface area contributed by atoms with Gasteiger partial charge in [-0.2, -0.15) is 4.52 Å². The highest BCUT2D eigenvalue weighted by atomic mass is 32.1. The molecule has 3 heterocycles. The van der Waals surface area contributed by atoms with Crippen LogP contribution in [0.3, 0.4) is 0 Å². The van der Waals surface area contributed by atoms with Crippen LogP contribution in [0.4, 0.5) is 10.9 Å². The van der Waals surface area contributed by atoms with Crippen LogP contribution < -0.4 is 10.2 Å². The van der Waals surface area contributed by atoms with Crippen LogP contribution >= 0.6 is 11.3 Å². The SMILES string of the molecule is CCc1ccc(-c2nc3sc(N4CCN(C(=O)COC)CC4)nn3c2NC2CCCC2)cc1. The van der Waals surface area contributed by atoms with E-state index in [-0.39, 0.29) is 12.5 Å². The van der Waals surface area contributed by atoms with E-state index in [9.17, 15) is 4.79 Å². The van der Waals surface area contributed by atoms with Crippen molar-refractivity contribution in [3.05, 3.63) is 29.8 Å². The molecular weight excluding hydrogens is 436 g/mol. The maximum absolute atomic E-state index is 12.1. The Hall–Kier alpha value is -2.65. The molecule has 8 nitrogen and oxygen atoms in total. The van der Waals surface area contributed by atoms with Crippen LogP contribution in [0.2, 0.25) is 0 Å². The molecule has 3 aromatic rings. The zero-order chi connectivity index (χ0) is 22.8. The number of hydrogen-bond donors (Lipinski definition) is 1. The predicted octanol–water partition coefficient (Wildman–Crippen LogP) is 3.67. The van der Waals surface area contributed by atoms with Gasteiger partial charge in [0, 0.05) is 44.9 Å². The second kappa shape index (κ2) is 9.69. The largest absolute Gasteiger partial charge is 0.375 e. The summed E-state index contributed by atoms with van der Waals surface area (Å²) < 4.78 is 6.98. The Bertz CT molecular complexity index is 1090. The summed E-state index contributed by atoms with van der Waals surface area (Å²) in [5.74, 6) is 1.05. The summed E-state index contributed by atoms with van der Waals surface area (Å²) in [4.78, 5) is 22.1. The van der Waals surface area contributed by atoms with Gasteiger partial charge in [0.25, 0.3) is 0 Å². The second-order valence-corrected chi connectivity index (χ2v) is 9.80. The molecule has 0 radical (unpaired) electrons. The van der Waals surface area contributed by atoms with Crippen LogP contribution in [0.5, 0.6) is 0 Å². The lowest BCUT2D eigenvalue weighted by molar-refractivity contribution is -0.135. The molecule has 1 amide bonds. The zero-order valence-electron chi connectivity index (χ0n) is 19.4. The van der Waals surface area contributed by atoms with Gasteiger partial charge < -0.3 is 19.9 Å². The van der Waals surface area contributed by atoms with Crippen molar-refractivity contribution in [1.29, 1.82) is 0 Å². The first-order valence-electron chi connectivity index (χ1n) is 11.9. The number of imidazole rings is 1. The number of aryl methyl sites for hydroxylation is 1. The highest BCUT2D eigenvalue weighted by Crippen LogP contribution is 2.35. The molecule has 0 bridgehead atoms. The number of aromatic nitrogens is 3. The summed E-state index contributed by atoms with van der Waals surface area (Å²) in [6.07, 6.45) is 5.95. The number of ether oxygens (including phenoxy) is 1. The van der Waals surface area contributed by atoms with Crippen molar-refractivity contribution in [2.24, 2.45) is 0 Å². The van der Waals surface area contributed by atoms with Gasteiger partial charge in [0.05, 0.1) is 0 Å². The molecule has 5 rings (SSSR count). The van der Waals surface area contributed by atoms with Gasteiger partial charge in [-0.3, -0.25) is 4.79 Å². The third-order valence-electron chi connectivity index (χ3n) is 6.70. The first kappa shape index (κ1) is 22.2.